The number of hydrogen-bond donors (Lipinski definition) is 2. The Hall–Kier alpha value is -0.570. The number of hydrogen-bond acceptors (Lipinski definition) is 2. The zero-order chi connectivity index (χ0) is 9.31. The first kappa shape index (κ1) is 9.00. The molecule has 1 unspecified atom stereocenters. The van der Waals surface area contributed by atoms with Crippen LogP contribution in [0, 0.1) is 11.3 Å². The Morgan fingerprint density at radius 3 is 2.69 bits per heavy atom. The third kappa shape index (κ3) is 1.35. The summed E-state index contributed by atoms with van der Waals surface area (Å²) < 4.78 is 0. The largest absolute Gasteiger partial charge is 0.356 e. The van der Waals surface area contributed by atoms with Gasteiger partial charge in [-0.1, -0.05) is 6.42 Å². The van der Waals surface area contributed by atoms with Gasteiger partial charge < -0.3 is 11.1 Å². The summed E-state index contributed by atoms with van der Waals surface area (Å²) in [6.07, 6.45) is 5.73. The van der Waals surface area contributed by atoms with Crippen LogP contribution in [-0.2, 0) is 4.79 Å². The molecule has 1 atom stereocenters. The molecule has 2 fully saturated rings. The highest BCUT2D eigenvalue weighted by molar-refractivity contribution is 5.80. The zero-order valence-electron chi connectivity index (χ0n) is 8.01. The van der Waals surface area contributed by atoms with Crippen LogP contribution in [-0.4, -0.2) is 19.0 Å². The SMILES string of the molecule is NCC1(C2CCCNC2=O)CCC1. The molecule has 1 saturated carbocycles. The zero-order valence-corrected chi connectivity index (χ0v) is 8.01. The maximum atomic E-state index is 11.6. The van der Waals surface area contributed by atoms with Gasteiger partial charge >= 0.3 is 0 Å². The van der Waals surface area contributed by atoms with Crippen LogP contribution in [0.25, 0.3) is 0 Å². The molecule has 3 heteroatoms. The van der Waals surface area contributed by atoms with Crippen LogP contribution in [0.15, 0.2) is 0 Å². The van der Waals surface area contributed by atoms with Crippen LogP contribution in [0.3, 0.4) is 0 Å². The fourth-order valence-corrected chi connectivity index (χ4v) is 2.68. The van der Waals surface area contributed by atoms with E-state index in [-0.39, 0.29) is 17.2 Å². The van der Waals surface area contributed by atoms with Crippen molar-refractivity contribution >= 4 is 5.91 Å². The Labute approximate surface area is 79.1 Å². The third-order valence-corrected chi connectivity index (χ3v) is 3.78. The lowest BCUT2D eigenvalue weighted by Gasteiger charge is -2.47. The Kier molecular flexibility index (Phi) is 2.28. The monoisotopic (exact) mass is 182 g/mol. The van der Waals surface area contributed by atoms with Crippen molar-refractivity contribution in [3.8, 4) is 0 Å². The van der Waals surface area contributed by atoms with Crippen molar-refractivity contribution in [1.29, 1.82) is 0 Å². The van der Waals surface area contributed by atoms with Crippen molar-refractivity contribution in [2.45, 2.75) is 32.1 Å². The molecule has 74 valence electrons. The van der Waals surface area contributed by atoms with Crippen molar-refractivity contribution in [3.63, 3.8) is 0 Å². The molecule has 1 amide bonds. The van der Waals surface area contributed by atoms with Crippen molar-refractivity contribution in [2.75, 3.05) is 13.1 Å². The quantitative estimate of drug-likeness (QED) is 0.658. The van der Waals surface area contributed by atoms with E-state index in [0.29, 0.717) is 6.54 Å². The van der Waals surface area contributed by atoms with Crippen molar-refractivity contribution in [1.82, 2.24) is 5.32 Å². The molecule has 1 aliphatic heterocycles. The second-order valence-electron chi connectivity index (χ2n) is 4.41. The van der Waals surface area contributed by atoms with Gasteiger partial charge in [0.2, 0.25) is 5.91 Å². The summed E-state index contributed by atoms with van der Waals surface area (Å²) in [5, 5.41) is 2.95. The molecule has 0 radical (unpaired) electrons. The molecule has 1 saturated heterocycles. The molecule has 2 rings (SSSR count). The van der Waals surface area contributed by atoms with Crippen LogP contribution in [0.1, 0.15) is 32.1 Å². The molecular weight excluding hydrogens is 164 g/mol. The minimum atomic E-state index is 0.171. The Bertz CT molecular complexity index is 205. The van der Waals surface area contributed by atoms with Gasteiger partial charge in [0.25, 0.3) is 0 Å². The van der Waals surface area contributed by atoms with Gasteiger partial charge in [-0.3, -0.25) is 4.79 Å². The highest BCUT2D eigenvalue weighted by atomic mass is 16.2. The fourth-order valence-electron chi connectivity index (χ4n) is 2.68. The number of nitrogens with one attached hydrogen (secondary N) is 1. The molecule has 13 heavy (non-hydrogen) atoms. The summed E-state index contributed by atoms with van der Waals surface area (Å²) in [7, 11) is 0. The Morgan fingerprint density at radius 2 is 2.23 bits per heavy atom. The molecule has 0 aromatic heterocycles. The molecule has 2 aliphatic rings. The van der Waals surface area contributed by atoms with Gasteiger partial charge in [0, 0.05) is 12.5 Å². The first-order chi connectivity index (χ1) is 6.28. The molecule has 0 bridgehead atoms. The van der Waals surface area contributed by atoms with Gasteiger partial charge in [-0.25, -0.2) is 0 Å². The molecule has 0 spiro atoms. The maximum Gasteiger partial charge on any atom is 0.223 e. The number of nitrogens with two attached hydrogens (primary N) is 1. The molecule has 1 heterocycles. The van der Waals surface area contributed by atoms with E-state index in [0.717, 1.165) is 32.2 Å². The molecule has 0 aromatic rings. The summed E-state index contributed by atoms with van der Waals surface area (Å²) in [5.74, 6) is 0.455. The second kappa shape index (κ2) is 3.29. The summed E-state index contributed by atoms with van der Waals surface area (Å²) in [5.41, 5.74) is 5.95. The highest BCUT2D eigenvalue weighted by Gasteiger charge is 2.46. The number of carbonyl (C=O) groups is 1. The van der Waals surface area contributed by atoms with Gasteiger partial charge in [0.1, 0.15) is 0 Å². The smallest absolute Gasteiger partial charge is 0.223 e. The van der Waals surface area contributed by atoms with Crippen molar-refractivity contribution in [2.24, 2.45) is 17.1 Å². The molecule has 3 nitrogen and oxygen atoms in total. The topological polar surface area (TPSA) is 55.1 Å². The van der Waals surface area contributed by atoms with E-state index in [1.807, 2.05) is 0 Å². The van der Waals surface area contributed by atoms with Crippen molar-refractivity contribution < 1.29 is 4.79 Å². The molecular formula is C10H18N2O. The van der Waals surface area contributed by atoms with E-state index < -0.39 is 0 Å². The molecule has 1 aliphatic carbocycles. The summed E-state index contributed by atoms with van der Waals surface area (Å²) >= 11 is 0. The van der Waals surface area contributed by atoms with Gasteiger partial charge in [-0.2, -0.15) is 0 Å². The van der Waals surface area contributed by atoms with E-state index in [2.05, 4.69) is 5.32 Å². The van der Waals surface area contributed by atoms with Gasteiger partial charge in [0.05, 0.1) is 0 Å². The van der Waals surface area contributed by atoms with E-state index in [1.54, 1.807) is 0 Å². The van der Waals surface area contributed by atoms with Crippen LogP contribution in [0.4, 0.5) is 0 Å². The first-order valence-electron chi connectivity index (χ1n) is 5.26. The average molecular weight is 182 g/mol. The number of carbonyl (C=O) groups excluding carboxylic acids is 1. The van der Waals surface area contributed by atoms with E-state index in [4.69, 9.17) is 5.73 Å². The first-order valence-corrected chi connectivity index (χ1v) is 5.26. The number of piperidine rings is 1. The minimum Gasteiger partial charge on any atom is -0.356 e. The summed E-state index contributed by atoms with van der Waals surface area (Å²) in [6.45, 7) is 1.54. The van der Waals surface area contributed by atoms with Crippen LogP contribution >= 0.6 is 0 Å². The summed E-state index contributed by atoms with van der Waals surface area (Å²) in [4.78, 5) is 11.6. The predicted molar refractivity (Wildman–Crippen MR) is 51.1 cm³/mol. The van der Waals surface area contributed by atoms with E-state index >= 15 is 0 Å². The lowest BCUT2D eigenvalue weighted by Crippen LogP contribution is -2.52. The standard InChI is InChI=1S/C10H18N2O/c11-7-10(4-2-5-10)8-3-1-6-12-9(8)13/h8H,1-7,11H2,(H,12,13). The minimum absolute atomic E-state index is 0.171. The van der Waals surface area contributed by atoms with Gasteiger partial charge in [-0.15, -0.1) is 0 Å². The van der Waals surface area contributed by atoms with E-state index in [9.17, 15) is 4.79 Å². The summed E-state index contributed by atoms with van der Waals surface area (Å²) in [6, 6.07) is 0. The van der Waals surface area contributed by atoms with Gasteiger partial charge in [-0.05, 0) is 37.6 Å². The third-order valence-electron chi connectivity index (χ3n) is 3.78. The number of amides is 1. The van der Waals surface area contributed by atoms with E-state index in [1.165, 1.54) is 6.42 Å². The van der Waals surface area contributed by atoms with Crippen LogP contribution < -0.4 is 11.1 Å². The number of rotatable bonds is 2. The van der Waals surface area contributed by atoms with Crippen LogP contribution in [0.2, 0.25) is 0 Å². The van der Waals surface area contributed by atoms with Crippen LogP contribution in [0.5, 0.6) is 0 Å². The van der Waals surface area contributed by atoms with Crippen molar-refractivity contribution in [3.05, 3.63) is 0 Å². The lowest BCUT2D eigenvalue weighted by atomic mass is 9.59. The maximum absolute atomic E-state index is 11.6. The molecule has 3 N–H and O–H groups in total. The molecule has 0 aromatic carbocycles. The Morgan fingerprint density at radius 1 is 1.46 bits per heavy atom. The predicted octanol–water partition coefficient (Wildman–Crippen LogP) is 0.642. The average Bonchev–Trinajstić information content (AvgIpc) is 2.07. The fraction of sp³-hybridized carbons (Fsp3) is 0.900. The Balaban J connectivity index is 2.08. The lowest BCUT2D eigenvalue weighted by molar-refractivity contribution is -0.134. The van der Waals surface area contributed by atoms with Gasteiger partial charge in [0.15, 0.2) is 0 Å². The second-order valence-corrected chi connectivity index (χ2v) is 4.41. The normalized spacial score (nSPS) is 32.1. The highest BCUT2D eigenvalue weighted by Crippen LogP contribution is 2.48.